The Balaban J connectivity index is 2.44. The summed E-state index contributed by atoms with van der Waals surface area (Å²) in [6.45, 7) is 7.09. The second-order valence-corrected chi connectivity index (χ2v) is 4.96. The van der Waals surface area contributed by atoms with Crippen molar-refractivity contribution >= 4 is 5.96 Å². The first-order valence-corrected chi connectivity index (χ1v) is 6.31. The Hall–Kier alpha value is -1.03. The van der Waals surface area contributed by atoms with Crippen molar-refractivity contribution in [2.45, 2.75) is 44.6 Å². The molecule has 3 N–H and O–H groups in total. The maximum absolute atomic E-state index is 5.79. The molecule has 0 aromatic carbocycles. The molecule has 0 aromatic heterocycles. The number of aliphatic imine (C=N–C) groups is 1. The lowest BCUT2D eigenvalue weighted by Crippen LogP contribution is -2.40. The number of hydrogen-bond acceptors (Lipinski definition) is 2. The van der Waals surface area contributed by atoms with Gasteiger partial charge in [0.2, 0.25) is 0 Å². The summed E-state index contributed by atoms with van der Waals surface area (Å²) in [5, 5.41) is 3.04. The van der Waals surface area contributed by atoms with E-state index in [1.54, 1.807) is 7.11 Å². The molecule has 98 valence electrons. The normalized spacial score (nSPS) is 20.0. The molecule has 0 bridgehead atoms. The lowest BCUT2D eigenvalue weighted by molar-refractivity contribution is -0.0308. The van der Waals surface area contributed by atoms with E-state index in [4.69, 9.17) is 10.5 Å². The number of nitrogens with zero attached hydrogens (tertiary/aromatic N) is 1. The maximum Gasteiger partial charge on any atom is 0.188 e. The molecule has 0 saturated heterocycles. The van der Waals surface area contributed by atoms with Crippen molar-refractivity contribution in [1.29, 1.82) is 0 Å². The SMILES string of the molecule is C=C(C)CNC(N)=NCC1(OC)CCCCC1. The number of nitrogens with two attached hydrogens (primary N) is 1. The minimum atomic E-state index is -0.0895. The zero-order valence-corrected chi connectivity index (χ0v) is 11.1. The number of methoxy groups -OCH3 is 1. The van der Waals surface area contributed by atoms with Crippen LogP contribution in [0.5, 0.6) is 0 Å². The van der Waals surface area contributed by atoms with Crippen molar-refractivity contribution in [2.75, 3.05) is 20.2 Å². The Kier molecular flexibility index (Phi) is 5.48. The molecule has 1 aliphatic rings. The molecule has 1 rings (SSSR count). The molecule has 1 aliphatic carbocycles. The zero-order chi connectivity index (χ0) is 12.7. The van der Waals surface area contributed by atoms with Gasteiger partial charge in [0.15, 0.2) is 5.96 Å². The average Bonchev–Trinajstić information content (AvgIpc) is 2.35. The number of nitrogens with one attached hydrogen (secondary N) is 1. The van der Waals surface area contributed by atoms with E-state index in [2.05, 4.69) is 16.9 Å². The quantitative estimate of drug-likeness (QED) is 0.437. The van der Waals surface area contributed by atoms with Crippen LogP contribution in [0.2, 0.25) is 0 Å². The molecule has 0 unspecified atom stereocenters. The predicted octanol–water partition coefficient (Wildman–Crippen LogP) is 1.82. The molecule has 0 atom stereocenters. The summed E-state index contributed by atoms with van der Waals surface area (Å²) >= 11 is 0. The third kappa shape index (κ3) is 4.77. The Labute approximate surface area is 104 Å². The van der Waals surface area contributed by atoms with Crippen LogP contribution in [-0.2, 0) is 4.74 Å². The summed E-state index contributed by atoms with van der Waals surface area (Å²) < 4.78 is 5.65. The van der Waals surface area contributed by atoms with Crippen LogP contribution in [0.1, 0.15) is 39.0 Å². The minimum absolute atomic E-state index is 0.0895. The summed E-state index contributed by atoms with van der Waals surface area (Å²) in [7, 11) is 1.78. The molecule has 4 heteroatoms. The first kappa shape index (κ1) is 14.0. The molecule has 0 aliphatic heterocycles. The van der Waals surface area contributed by atoms with Crippen molar-refractivity contribution in [1.82, 2.24) is 5.32 Å². The van der Waals surface area contributed by atoms with Gasteiger partial charge in [0, 0.05) is 13.7 Å². The third-order valence-electron chi connectivity index (χ3n) is 3.31. The van der Waals surface area contributed by atoms with Gasteiger partial charge in [0.05, 0.1) is 12.1 Å². The highest BCUT2D eigenvalue weighted by Gasteiger charge is 2.31. The van der Waals surface area contributed by atoms with Crippen LogP contribution < -0.4 is 11.1 Å². The number of rotatable bonds is 5. The lowest BCUT2D eigenvalue weighted by atomic mass is 9.85. The molecule has 0 radical (unpaired) electrons. The fraction of sp³-hybridized carbons (Fsp3) is 0.769. The van der Waals surface area contributed by atoms with Crippen LogP contribution in [0.4, 0.5) is 0 Å². The van der Waals surface area contributed by atoms with E-state index >= 15 is 0 Å². The summed E-state index contributed by atoms with van der Waals surface area (Å²) in [6, 6.07) is 0. The van der Waals surface area contributed by atoms with Crippen molar-refractivity contribution in [2.24, 2.45) is 10.7 Å². The van der Waals surface area contributed by atoms with Crippen LogP contribution in [0.3, 0.4) is 0 Å². The maximum atomic E-state index is 5.79. The van der Waals surface area contributed by atoms with Crippen molar-refractivity contribution < 1.29 is 4.74 Å². The van der Waals surface area contributed by atoms with Gasteiger partial charge in [0.1, 0.15) is 0 Å². The zero-order valence-electron chi connectivity index (χ0n) is 11.1. The Bertz CT molecular complexity index is 280. The summed E-state index contributed by atoms with van der Waals surface area (Å²) in [5.41, 5.74) is 6.75. The summed E-state index contributed by atoms with van der Waals surface area (Å²) in [5.74, 6) is 0.481. The molecule has 0 amide bonds. The van der Waals surface area contributed by atoms with Gasteiger partial charge < -0.3 is 15.8 Å². The highest BCUT2D eigenvalue weighted by Crippen LogP contribution is 2.31. The monoisotopic (exact) mass is 239 g/mol. The molecule has 1 fully saturated rings. The van der Waals surface area contributed by atoms with Gasteiger partial charge in [-0.1, -0.05) is 31.4 Å². The van der Waals surface area contributed by atoms with E-state index in [1.807, 2.05) is 6.92 Å². The number of guanidine groups is 1. The first-order chi connectivity index (χ1) is 8.08. The molecule has 1 saturated carbocycles. The molecular weight excluding hydrogens is 214 g/mol. The fourth-order valence-electron chi connectivity index (χ4n) is 2.15. The summed E-state index contributed by atoms with van der Waals surface area (Å²) in [6.07, 6.45) is 5.92. The van der Waals surface area contributed by atoms with Crippen LogP contribution >= 0.6 is 0 Å². The van der Waals surface area contributed by atoms with Crippen molar-refractivity contribution in [3.63, 3.8) is 0 Å². The number of ether oxygens (including phenoxy) is 1. The van der Waals surface area contributed by atoms with Crippen LogP contribution in [-0.4, -0.2) is 31.8 Å². The predicted molar refractivity (Wildman–Crippen MR) is 72.1 cm³/mol. The third-order valence-corrected chi connectivity index (χ3v) is 3.31. The number of hydrogen-bond donors (Lipinski definition) is 2. The fourth-order valence-corrected chi connectivity index (χ4v) is 2.15. The largest absolute Gasteiger partial charge is 0.376 e. The molecular formula is C13H25N3O. The van der Waals surface area contributed by atoms with Crippen LogP contribution in [0.25, 0.3) is 0 Å². The Morgan fingerprint density at radius 1 is 1.41 bits per heavy atom. The smallest absolute Gasteiger partial charge is 0.188 e. The molecule has 4 nitrogen and oxygen atoms in total. The van der Waals surface area contributed by atoms with E-state index in [-0.39, 0.29) is 5.60 Å². The standard InChI is InChI=1S/C13H25N3O/c1-11(2)9-15-12(14)16-10-13(17-3)7-5-4-6-8-13/h1,4-10H2,2-3H3,(H3,14,15,16). The van der Waals surface area contributed by atoms with Gasteiger partial charge in [0.25, 0.3) is 0 Å². The lowest BCUT2D eigenvalue weighted by Gasteiger charge is -2.34. The molecule has 0 spiro atoms. The Morgan fingerprint density at radius 3 is 2.59 bits per heavy atom. The van der Waals surface area contributed by atoms with Gasteiger partial charge in [-0.05, 0) is 19.8 Å². The van der Waals surface area contributed by atoms with Crippen LogP contribution in [0, 0.1) is 0 Å². The minimum Gasteiger partial charge on any atom is -0.376 e. The molecule has 0 aromatic rings. The second kappa shape index (κ2) is 6.64. The van der Waals surface area contributed by atoms with Gasteiger partial charge in [-0.25, -0.2) is 0 Å². The van der Waals surface area contributed by atoms with Crippen molar-refractivity contribution in [3.05, 3.63) is 12.2 Å². The highest BCUT2D eigenvalue weighted by molar-refractivity contribution is 5.78. The topological polar surface area (TPSA) is 59.6 Å². The Morgan fingerprint density at radius 2 is 2.06 bits per heavy atom. The van der Waals surface area contributed by atoms with Gasteiger partial charge in [-0.3, -0.25) is 4.99 Å². The van der Waals surface area contributed by atoms with Gasteiger partial charge in [-0.2, -0.15) is 0 Å². The van der Waals surface area contributed by atoms with E-state index in [9.17, 15) is 0 Å². The van der Waals surface area contributed by atoms with E-state index < -0.39 is 0 Å². The first-order valence-electron chi connectivity index (χ1n) is 6.31. The van der Waals surface area contributed by atoms with E-state index in [1.165, 1.54) is 19.3 Å². The molecule has 17 heavy (non-hydrogen) atoms. The summed E-state index contributed by atoms with van der Waals surface area (Å²) in [4.78, 5) is 4.38. The van der Waals surface area contributed by atoms with Crippen molar-refractivity contribution in [3.8, 4) is 0 Å². The van der Waals surface area contributed by atoms with Gasteiger partial charge in [-0.15, -0.1) is 0 Å². The van der Waals surface area contributed by atoms with Crippen LogP contribution in [0.15, 0.2) is 17.1 Å². The second-order valence-electron chi connectivity index (χ2n) is 4.96. The van der Waals surface area contributed by atoms with E-state index in [0.29, 0.717) is 19.0 Å². The highest BCUT2D eigenvalue weighted by atomic mass is 16.5. The molecule has 0 heterocycles. The average molecular weight is 239 g/mol. The van der Waals surface area contributed by atoms with Gasteiger partial charge >= 0.3 is 0 Å². The van der Waals surface area contributed by atoms with E-state index in [0.717, 1.165) is 18.4 Å².